The summed E-state index contributed by atoms with van der Waals surface area (Å²) in [4.78, 5) is 28.8. The van der Waals surface area contributed by atoms with Crippen molar-refractivity contribution < 1.29 is 22.7 Å². The Balaban J connectivity index is 1.43. The van der Waals surface area contributed by atoms with Crippen LogP contribution < -0.4 is 9.64 Å². The lowest BCUT2D eigenvalue weighted by atomic mass is 10.2. The molecule has 0 spiro atoms. The molecule has 0 aliphatic carbocycles. The number of sulfonamides is 1. The topological polar surface area (TPSA) is 87.2 Å². The number of carbonyl (C=O) groups is 2. The van der Waals surface area contributed by atoms with Crippen molar-refractivity contribution in [3.63, 3.8) is 0 Å². The van der Waals surface area contributed by atoms with Gasteiger partial charge >= 0.3 is 0 Å². The standard InChI is InChI=1S/C21H22ClN3O5S/c1-30-17-6-4-16(5-7-17)25-20(26)14-19(21(25)27)23-10-12-24(13-11-23)31(28,29)18-8-2-15(22)3-9-18/h2-9,19H,10-14H2,1H3/t19-/m1/s1. The van der Waals surface area contributed by atoms with Gasteiger partial charge in [-0.05, 0) is 48.5 Å². The third-order valence-electron chi connectivity index (χ3n) is 5.62. The highest BCUT2D eigenvalue weighted by Crippen LogP contribution is 2.28. The lowest BCUT2D eigenvalue weighted by Gasteiger charge is -2.36. The third-order valence-corrected chi connectivity index (χ3v) is 7.78. The fourth-order valence-corrected chi connectivity index (χ4v) is 5.46. The van der Waals surface area contributed by atoms with Gasteiger partial charge < -0.3 is 4.74 Å². The van der Waals surface area contributed by atoms with Gasteiger partial charge in [0.25, 0.3) is 5.91 Å². The molecule has 0 aromatic heterocycles. The minimum absolute atomic E-state index is 0.0782. The summed E-state index contributed by atoms with van der Waals surface area (Å²) in [5.74, 6) is 0.0815. The molecule has 2 saturated heterocycles. The Morgan fingerprint density at radius 1 is 0.935 bits per heavy atom. The van der Waals surface area contributed by atoms with Gasteiger partial charge in [0, 0.05) is 31.2 Å². The van der Waals surface area contributed by atoms with Crippen LogP contribution >= 0.6 is 11.6 Å². The molecular weight excluding hydrogens is 442 g/mol. The lowest BCUT2D eigenvalue weighted by Crippen LogP contribution is -2.53. The molecular formula is C21H22ClN3O5S. The van der Waals surface area contributed by atoms with Gasteiger partial charge in [-0.15, -0.1) is 0 Å². The van der Waals surface area contributed by atoms with Crippen molar-refractivity contribution in [3.8, 4) is 5.75 Å². The number of anilines is 1. The van der Waals surface area contributed by atoms with E-state index < -0.39 is 16.1 Å². The molecule has 2 aromatic carbocycles. The van der Waals surface area contributed by atoms with Crippen molar-refractivity contribution in [1.82, 2.24) is 9.21 Å². The molecule has 2 amide bonds. The number of hydrogen-bond donors (Lipinski definition) is 0. The van der Waals surface area contributed by atoms with Crippen LogP contribution in [0.4, 0.5) is 5.69 Å². The first-order valence-corrected chi connectivity index (χ1v) is 11.6. The fourth-order valence-electron chi connectivity index (χ4n) is 3.91. The summed E-state index contributed by atoms with van der Waals surface area (Å²) in [6.45, 7) is 1.22. The number of halogens is 1. The molecule has 4 rings (SSSR count). The first-order chi connectivity index (χ1) is 14.8. The van der Waals surface area contributed by atoms with Crippen molar-refractivity contribution in [2.75, 3.05) is 38.2 Å². The second-order valence-electron chi connectivity index (χ2n) is 7.38. The number of hydrogen-bond acceptors (Lipinski definition) is 6. The number of piperazine rings is 1. The van der Waals surface area contributed by atoms with E-state index >= 15 is 0 Å². The number of benzene rings is 2. The van der Waals surface area contributed by atoms with Crippen molar-refractivity contribution in [1.29, 1.82) is 0 Å². The van der Waals surface area contributed by atoms with Crippen LogP contribution in [0.3, 0.4) is 0 Å². The molecule has 10 heteroatoms. The lowest BCUT2D eigenvalue weighted by molar-refractivity contribution is -0.123. The van der Waals surface area contributed by atoms with Crippen LogP contribution in [0.2, 0.25) is 5.02 Å². The van der Waals surface area contributed by atoms with Gasteiger partial charge in [-0.3, -0.25) is 14.5 Å². The molecule has 2 aliphatic heterocycles. The van der Waals surface area contributed by atoms with Gasteiger partial charge in [-0.2, -0.15) is 4.31 Å². The summed E-state index contributed by atoms with van der Waals surface area (Å²) in [6, 6.07) is 12.2. The van der Waals surface area contributed by atoms with E-state index in [1.54, 1.807) is 43.5 Å². The largest absolute Gasteiger partial charge is 0.497 e. The number of carbonyl (C=O) groups excluding carboxylic acids is 2. The molecule has 0 bridgehead atoms. The smallest absolute Gasteiger partial charge is 0.251 e. The van der Waals surface area contributed by atoms with E-state index in [0.29, 0.717) is 29.5 Å². The zero-order valence-electron chi connectivity index (χ0n) is 16.9. The third kappa shape index (κ3) is 4.18. The highest BCUT2D eigenvalue weighted by Gasteiger charge is 2.44. The van der Waals surface area contributed by atoms with Crippen LogP contribution in [0.15, 0.2) is 53.4 Å². The average molecular weight is 464 g/mol. The molecule has 2 aromatic rings. The van der Waals surface area contributed by atoms with Gasteiger partial charge in [0.2, 0.25) is 15.9 Å². The summed E-state index contributed by atoms with van der Waals surface area (Å²) in [5.41, 5.74) is 0.502. The highest BCUT2D eigenvalue weighted by atomic mass is 35.5. The Bertz CT molecular complexity index is 1080. The maximum Gasteiger partial charge on any atom is 0.251 e. The molecule has 0 radical (unpaired) electrons. The van der Waals surface area contributed by atoms with E-state index in [4.69, 9.17) is 16.3 Å². The molecule has 164 valence electrons. The van der Waals surface area contributed by atoms with E-state index in [9.17, 15) is 18.0 Å². The predicted molar refractivity (Wildman–Crippen MR) is 116 cm³/mol. The van der Waals surface area contributed by atoms with E-state index in [1.807, 2.05) is 4.90 Å². The van der Waals surface area contributed by atoms with Gasteiger partial charge in [0.1, 0.15) is 5.75 Å². The van der Waals surface area contributed by atoms with Gasteiger partial charge in [0.15, 0.2) is 0 Å². The van der Waals surface area contributed by atoms with Crippen molar-refractivity contribution in [2.45, 2.75) is 17.4 Å². The number of methoxy groups -OCH3 is 1. The van der Waals surface area contributed by atoms with E-state index in [-0.39, 0.29) is 36.2 Å². The Kier molecular flexibility index (Phi) is 6.02. The normalized spacial score (nSPS) is 21.0. The van der Waals surface area contributed by atoms with Crippen molar-refractivity contribution in [2.24, 2.45) is 0 Å². The number of imide groups is 1. The highest BCUT2D eigenvalue weighted by molar-refractivity contribution is 7.89. The van der Waals surface area contributed by atoms with Gasteiger partial charge in [0.05, 0.1) is 30.2 Å². The minimum Gasteiger partial charge on any atom is -0.497 e. The second kappa shape index (κ2) is 8.58. The summed E-state index contributed by atoms with van der Waals surface area (Å²) < 4.78 is 32.2. The first kappa shape index (κ1) is 21.8. The monoisotopic (exact) mass is 463 g/mol. The maximum atomic E-state index is 13.0. The molecule has 1 atom stereocenters. The van der Waals surface area contributed by atoms with Gasteiger partial charge in [-0.25, -0.2) is 13.3 Å². The minimum atomic E-state index is -3.64. The van der Waals surface area contributed by atoms with E-state index in [2.05, 4.69) is 0 Å². The predicted octanol–water partition coefficient (Wildman–Crippen LogP) is 1.99. The molecule has 0 unspecified atom stereocenters. The van der Waals surface area contributed by atoms with Crippen LogP contribution in [0.1, 0.15) is 6.42 Å². The molecule has 2 fully saturated rings. The molecule has 8 nitrogen and oxygen atoms in total. The van der Waals surface area contributed by atoms with E-state index in [1.165, 1.54) is 21.3 Å². The number of nitrogens with zero attached hydrogens (tertiary/aromatic N) is 3. The Labute approximate surface area is 186 Å². The number of ether oxygens (including phenoxy) is 1. The SMILES string of the molecule is COc1ccc(N2C(=O)C[C@@H](N3CCN(S(=O)(=O)c4ccc(Cl)cc4)CC3)C2=O)cc1. The second-order valence-corrected chi connectivity index (χ2v) is 9.75. The summed E-state index contributed by atoms with van der Waals surface area (Å²) >= 11 is 5.85. The Hall–Kier alpha value is -2.46. The van der Waals surface area contributed by atoms with Crippen molar-refractivity contribution in [3.05, 3.63) is 53.6 Å². The Morgan fingerprint density at radius 3 is 2.13 bits per heavy atom. The van der Waals surface area contributed by atoms with Crippen LogP contribution in [0, 0.1) is 0 Å². The Morgan fingerprint density at radius 2 is 1.55 bits per heavy atom. The maximum absolute atomic E-state index is 13.0. The summed E-state index contributed by atoms with van der Waals surface area (Å²) in [6.07, 6.45) is 0.0782. The van der Waals surface area contributed by atoms with Crippen molar-refractivity contribution >= 4 is 39.1 Å². The molecule has 31 heavy (non-hydrogen) atoms. The molecule has 2 aliphatic rings. The number of amides is 2. The van der Waals surface area contributed by atoms with Crippen LogP contribution in [-0.2, 0) is 19.6 Å². The van der Waals surface area contributed by atoms with E-state index in [0.717, 1.165) is 0 Å². The van der Waals surface area contributed by atoms with Crippen LogP contribution in [0.5, 0.6) is 5.75 Å². The number of rotatable bonds is 5. The molecule has 0 saturated carbocycles. The molecule has 2 heterocycles. The average Bonchev–Trinajstić information content (AvgIpc) is 3.08. The van der Waals surface area contributed by atoms with Crippen LogP contribution in [-0.4, -0.2) is 68.8 Å². The van der Waals surface area contributed by atoms with Gasteiger partial charge in [-0.1, -0.05) is 11.6 Å². The van der Waals surface area contributed by atoms with Crippen LogP contribution in [0.25, 0.3) is 0 Å². The zero-order valence-corrected chi connectivity index (χ0v) is 18.5. The molecule has 0 N–H and O–H groups in total. The fraction of sp³-hybridized carbons (Fsp3) is 0.333. The summed E-state index contributed by atoms with van der Waals surface area (Å²) in [7, 11) is -2.09. The zero-order chi connectivity index (χ0) is 22.2. The quantitative estimate of drug-likeness (QED) is 0.630. The first-order valence-electron chi connectivity index (χ1n) is 9.82. The summed E-state index contributed by atoms with van der Waals surface area (Å²) in [5, 5.41) is 0.467.